The molecule has 2 saturated heterocycles. The molecule has 0 saturated carbocycles. The lowest BCUT2D eigenvalue weighted by molar-refractivity contribution is 0.102. The third kappa shape index (κ3) is 7.43. The van der Waals surface area contributed by atoms with Crippen LogP contribution >= 0.6 is 23.5 Å². The van der Waals surface area contributed by atoms with E-state index in [2.05, 4.69) is 39.4 Å². The molecule has 2 fully saturated rings. The van der Waals surface area contributed by atoms with Crippen molar-refractivity contribution in [1.29, 1.82) is 0 Å². The zero-order valence-electron chi connectivity index (χ0n) is 22.3. The molecule has 38 heavy (non-hydrogen) atoms. The highest BCUT2D eigenvalue weighted by molar-refractivity contribution is 8.00. The molecular formula is C30H37ClN4O2S. The van der Waals surface area contributed by atoms with Crippen LogP contribution in [0.5, 0.6) is 0 Å². The monoisotopic (exact) mass is 552 g/mol. The van der Waals surface area contributed by atoms with Gasteiger partial charge in [-0.25, -0.2) is 0 Å². The molecule has 1 N–H and O–H groups in total. The maximum atomic E-state index is 13.0. The van der Waals surface area contributed by atoms with Gasteiger partial charge < -0.3 is 19.3 Å². The lowest BCUT2D eigenvalue weighted by Gasteiger charge is -2.30. The summed E-state index contributed by atoms with van der Waals surface area (Å²) in [7, 11) is 0. The normalized spacial score (nSPS) is 15.8. The molecular weight excluding hydrogens is 516 g/mol. The molecule has 0 radical (unpaired) electrons. The minimum Gasteiger partial charge on any atom is -0.378 e. The first kappa shape index (κ1) is 28.3. The van der Waals surface area contributed by atoms with E-state index in [1.807, 2.05) is 60.5 Å². The van der Waals surface area contributed by atoms with E-state index < -0.39 is 0 Å². The van der Waals surface area contributed by atoms with Crippen LogP contribution in [0.4, 0.5) is 17.1 Å². The molecule has 202 valence electrons. The molecule has 0 unspecified atom stereocenters. The number of anilines is 3. The van der Waals surface area contributed by atoms with Crippen LogP contribution in [0.15, 0.2) is 60.8 Å². The van der Waals surface area contributed by atoms with Gasteiger partial charge in [0.15, 0.2) is 0 Å². The van der Waals surface area contributed by atoms with Crippen LogP contribution in [0, 0.1) is 0 Å². The van der Waals surface area contributed by atoms with E-state index in [1.165, 1.54) is 25.7 Å². The average molecular weight is 553 g/mol. The highest BCUT2D eigenvalue weighted by atomic mass is 35.5. The summed E-state index contributed by atoms with van der Waals surface area (Å²) in [6, 6.07) is 17.4. The molecule has 2 aromatic carbocycles. The number of nitrogens with zero attached hydrogens (tertiary/aromatic N) is 3. The van der Waals surface area contributed by atoms with Crippen LogP contribution in [-0.4, -0.2) is 49.5 Å². The fourth-order valence-electron chi connectivity index (χ4n) is 4.41. The van der Waals surface area contributed by atoms with Crippen molar-refractivity contribution >= 4 is 46.5 Å². The Morgan fingerprint density at radius 2 is 1.79 bits per heavy atom. The Morgan fingerprint density at radius 3 is 2.55 bits per heavy atom. The molecule has 3 aromatic rings. The number of carbonyl (C=O) groups is 1. The molecule has 1 aromatic heterocycles. The highest BCUT2D eigenvalue weighted by Crippen LogP contribution is 2.36. The molecule has 0 aliphatic carbocycles. The Bertz CT molecular complexity index is 1180. The number of carbonyl (C=O) groups excluding carboxylic acids is 1. The average Bonchev–Trinajstić information content (AvgIpc) is 3.25. The quantitative estimate of drug-likeness (QED) is 0.330. The van der Waals surface area contributed by atoms with Crippen LogP contribution in [-0.2, 0) is 4.74 Å². The number of amides is 1. The topological polar surface area (TPSA) is 57.7 Å². The molecule has 0 bridgehead atoms. The van der Waals surface area contributed by atoms with E-state index in [1.54, 1.807) is 6.20 Å². The summed E-state index contributed by atoms with van der Waals surface area (Å²) in [6.07, 6.45) is 6.76. The summed E-state index contributed by atoms with van der Waals surface area (Å²) < 4.78 is 7.84. The second-order valence-corrected chi connectivity index (χ2v) is 10.9. The van der Waals surface area contributed by atoms with Gasteiger partial charge >= 0.3 is 0 Å². The SMILES string of the molecule is CCC.O=C(Nc1ccc(Cl)c(-c2ncccc2N2CCOCC2)c1)c1ccc(N2CCCCCS2)cc1. The van der Waals surface area contributed by atoms with Crippen LogP contribution in [0.1, 0.15) is 49.9 Å². The number of nitrogens with one attached hydrogen (secondary N) is 1. The second-order valence-electron chi connectivity index (χ2n) is 9.37. The summed E-state index contributed by atoms with van der Waals surface area (Å²) in [6.45, 7) is 8.28. The van der Waals surface area contributed by atoms with Gasteiger partial charge in [0.2, 0.25) is 0 Å². The van der Waals surface area contributed by atoms with Gasteiger partial charge in [0.05, 0.1) is 29.6 Å². The summed E-state index contributed by atoms with van der Waals surface area (Å²) >= 11 is 8.47. The van der Waals surface area contributed by atoms with E-state index in [4.69, 9.17) is 16.3 Å². The van der Waals surface area contributed by atoms with Gasteiger partial charge in [-0.3, -0.25) is 9.78 Å². The van der Waals surface area contributed by atoms with Crippen molar-refractivity contribution in [1.82, 2.24) is 4.98 Å². The molecule has 2 aliphatic heterocycles. The summed E-state index contributed by atoms with van der Waals surface area (Å²) in [4.78, 5) is 19.9. The molecule has 0 atom stereocenters. The predicted octanol–water partition coefficient (Wildman–Crippen LogP) is 7.55. The third-order valence-electron chi connectivity index (χ3n) is 6.29. The summed E-state index contributed by atoms with van der Waals surface area (Å²) in [5.74, 6) is 0.993. The Balaban J connectivity index is 0.00000107. The minimum atomic E-state index is -0.150. The zero-order valence-corrected chi connectivity index (χ0v) is 23.9. The number of halogens is 1. The zero-order chi connectivity index (χ0) is 26.7. The lowest BCUT2D eigenvalue weighted by atomic mass is 10.1. The maximum absolute atomic E-state index is 13.0. The van der Waals surface area contributed by atoms with E-state index in [-0.39, 0.29) is 5.91 Å². The Labute approximate surface area is 235 Å². The van der Waals surface area contributed by atoms with Gasteiger partial charge in [-0.2, -0.15) is 0 Å². The Kier molecular flexibility index (Phi) is 10.7. The van der Waals surface area contributed by atoms with Crippen molar-refractivity contribution in [3.8, 4) is 11.3 Å². The lowest BCUT2D eigenvalue weighted by Crippen LogP contribution is -2.36. The number of ether oxygens (including phenoxy) is 1. The van der Waals surface area contributed by atoms with Gasteiger partial charge in [-0.1, -0.05) is 38.3 Å². The first-order valence-electron chi connectivity index (χ1n) is 13.5. The number of aromatic nitrogens is 1. The molecule has 1 amide bonds. The van der Waals surface area contributed by atoms with Crippen molar-refractivity contribution in [3.05, 3.63) is 71.4 Å². The number of morpholine rings is 1. The van der Waals surface area contributed by atoms with Gasteiger partial charge in [-0.15, -0.1) is 0 Å². The Hall–Kier alpha value is -2.74. The number of pyridine rings is 1. The molecule has 3 heterocycles. The van der Waals surface area contributed by atoms with Crippen LogP contribution in [0.3, 0.4) is 0 Å². The van der Waals surface area contributed by atoms with E-state index >= 15 is 0 Å². The van der Waals surface area contributed by atoms with Crippen molar-refractivity contribution in [3.63, 3.8) is 0 Å². The predicted molar refractivity (Wildman–Crippen MR) is 162 cm³/mol. The van der Waals surface area contributed by atoms with Crippen molar-refractivity contribution in [2.24, 2.45) is 0 Å². The van der Waals surface area contributed by atoms with Gasteiger partial charge in [0.1, 0.15) is 0 Å². The number of benzene rings is 2. The molecule has 8 heteroatoms. The first-order valence-corrected chi connectivity index (χ1v) is 14.8. The maximum Gasteiger partial charge on any atom is 0.255 e. The first-order chi connectivity index (χ1) is 18.6. The van der Waals surface area contributed by atoms with Crippen LogP contribution in [0.2, 0.25) is 5.02 Å². The Morgan fingerprint density at radius 1 is 1.03 bits per heavy atom. The minimum absolute atomic E-state index is 0.150. The van der Waals surface area contributed by atoms with E-state index in [0.717, 1.165) is 48.0 Å². The number of hydrogen-bond donors (Lipinski definition) is 1. The van der Waals surface area contributed by atoms with Gasteiger partial charge in [-0.05, 0) is 79.4 Å². The molecule has 0 spiro atoms. The second kappa shape index (κ2) is 14.4. The summed E-state index contributed by atoms with van der Waals surface area (Å²) in [5.41, 5.74) is 5.06. The van der Waals surface area contributed by atoms with Crippen LogP contribution < -0.4 is 14.5 Å². The fourth-order valence-corrected chi connectivity index (χ4v) is 5.70. The standard InChI is InChI=1S/C27H29ClN4O2S.C3H8/c28-24-11-8-21(19-23(24)26-25(5-4-12-29-26)31-14-16-34-17-15-31)30-27(33)20-6-9-22(10-7-20)32-13-2-1-3-18-35-32;1-3-2/h4-12,19H,1-3,13-18H2,(H,30,33);3H2,1-2H3. The molecule has 6 nitrogen and oxygen atoms in total. The van der Waals surface area contributed by atoms with Gasteiger partial charge in [0, 0.05) is 54.1 Å². The van der Waals surface area contributed by atoms with Crippen LogP contribution in [0.25, 0.3) is 11.3 Å². The third-order valence-corrected chi connectivity index (χ3v) is 7.79. The highest BCUT2D eigenvalue weighted by Gasteiger charge is 2.19. The number of hydrogen-bond acceptors (Lipinski definition) is 6. The van der Waals surface area contributed by atoms with Crippen molar-refractivity contribution < 1.29 is 9.53 Å². The fraction of sp³-hybridized carbons (Fsp3) is 0.400. The van der Waals surface area contributed by atoms with Crippen molar-refractivity contribution in [2.45, 2.75) is 39.5 Å². The summed E-state index contributed by atoms with van der Waals surface area (Å²) in [5, 5.41) is 3.62. The van der Waals surface area contributed by atoms with E-state index in [9.17, 15) is 4.79 Å². The van der Waals surface area contributed by atoms with Crippen molar-refractivity contribution in [2.75, 3.05) is 53.1 Å². The van der Waals surface area contributed by atoms with E-state index in [0.29, 0.717) is 29.5 Å². The largest absolute Gasteiger partial charge is 0.378 e. The smallest absolute Gasteiger partial charge is 0.255 e. The number of rotatable bonds is 5. The molecule has 5 rings (SSSR count). The molecule has 2 aliphatic rings. The van der Waals surface area contributed by atoms with Gasteiger partial charge in [0.25, 0.3) is 5.91 Å².